The van der Waals surface area contributed by atoms with Gasteiger partial charge in [-0.05, 0) is 16.7 Å². The number of esters is 1. The van der Waals surface area contributed by atoms with Crippen LogP contribution in [-0.4, -0.2) is 41.5 Å². The maximum Gasteiger partial charge on any atom is 0.330 e. The fourth-order valence-corrected chi connectivity index (χ4v) is 11.7. The van der Waals surface area contributed by atoms with Crippen molar-refractivity contribution in [3.8, 4) is 0 Å². The summed E-state index contributed by atoms with van der Waals surface area (Å²) in [4.78, 5) is 11.3. The lowest BCUT2D eigenvalue weighted by Crippen LogP contribution is -2.45. The van der Waals surface area contributed by atoms with Gasteiger partial charge in [0, 0.05) is 16.6 Å². The molecule has 6 unspecified atom stereocenters. The molecule has 0 N–H and O–H groups in total. The zero-order valence-corrected chi connectivity index (χ0v) is 11.6. The smallest absolute Gasteiger partial charge is 0.330 e. The summed E-state index contributed by atoms with van der Waals surface area (Å²) < 4.78 is 29.3. The summed E-state index contributed by atoms with van der Waals surface area (Å²) in [6, 6.07) is 0. The van der Waals surface area contributed by atoms with Gasteiger partial charge in [-0.3, -0.25) is 0 Å². The highest BCUT2D eigenvalue weighted by molar-refractivity contribution is 8.73. The van der Waals surface area contributed by atoms with Crippen LogP contribution in [0.5, 0.6) is 0 Å². The highest BCUT2D eigenvalue weighted by atomic mass is 33.1. The highest BCUT2D eigenvalue weighted by Crippen LogP contribution is 2.63. The molecule has 0 aliphatic carbocycles. The second kappa shape index (κ2) is 3.68. The van der Waals surface area contributed by atoms with Crippen LogP contribution in [0.3, 0.4) is 0 Å². The molecule has 0 aromatic carbocycles. The Morgan fingerprint density at radius 2 is 2.06 bits per heavy atom. The largest absolute Gasteiger partial charge is 0.457 e. The summed E-state index contributed by atoms with van der Waals surface area (Å²) in [5, 5.41) is -0.150. The van der Waals surface area contributed by atoms with Crippen molar-refractivity contribution in [1.82, 2.24) is 0 Å². The molecule has 0 aromatic rings. The summed E-state index contributed by atoms with van der Waals surface area (Å²) >= 11 is 1.67. The highest BCUT2D eigenvalue weighted by Gasteiger charge is 2.68. The second-order valence-corrected chi connectivity index (χ2v) is 10.1. The molecule has 94 valence electrons. The van der Waals surface area contributed by atoms with Gasteiger partial charge in [0.1, 0.15) is 6.10 Å². The van der Waals surface area contributed by atoms with Gasteiger partial charge >= 0.3 is 5.97 Å². The van der Waals surface area contributed by atoms with Crippen LogP contribution in [0.25, 0.3) is 0 Å². The Hall–Kier alpha value is -0.140. The van der Waals surface area contributed by atoms with Gasteiger partial charge in [-0.15, -0.1) is 11.8 Å². The van der Waals surface area contributed by atoms with E-state index < -0.39 is 14.8 Å². The predicted molar refractivity (Wildman–Crippen MR) is 68.5 cm³/mol. The van der Waals surface area contributed by atoms with Crippen LogP contribution in [0, 0.1) is 5.92 Å². The molecule has 17 heavy (non-hydrogen) atoms. The van der Waals surface area contributed by atoms with E-state index in [9.17, 15) is 13.2 Å². The van der Waals surface area contributed by atoms with Crippen molar-refractivity contribution in [2.45, 2.75) is 34.0 Å². The minimum Gasteiger partial charge on any atom is -0.457 e. The minimum absolute atomic E-state index is 0.0591. The first-order chi connectivity index (χ1) is 7.95. The van der Waals surface area contributed by atoms with Crippen LogP contribution in [0.2, 0.25) is 0 Å². The number of thioether (sulfide) groups is 1. The number of fused-ring (bicyclic) bond motifs is 1. The molecule has 3 aliphatic rings. The SMILES string of the molecule is C=CC(=O)OC1C2SC3C1SS(=O)(=O)C3C2C. The molecular formula is C10H12O4S3. The molecule has 3 heterocycles. The summed E-state index contributed by atoms with van der Waals surface area (Å²) in [6.45, 7) is 5.31. The zero-order valence-electron chi connectivity index (χ0n) is 9.11. The summed E-state index contributed by atoms with van der Waals surface area (Å²) in [7, 11) is -2.08. The molecule has 0 spiro atoms. The van der Waals surface area contributed by atoms with E-state index in [2.05, 4.69) is 6.58 Å². The van der Waals surface area contributed by atoms with Gasteiger partial charge in [0.05, 0.1) is 10.5 Å². The number of carbonyl (C=O) groups excluding carboxylic acids is 1. The number of rotatable bonds is 2. The third-order valence-electron chi connectivity index (χ3n) is 3.64. The molecule has 0 radical (unpaired) electrons. The molecule has 0 saturated carbocycles. The van der Waals surface area contributed by atoms with Crippen LogP contribution in [0.4, 0.5) is 0 Å². The van der Waals surface area contributed by atoms with E-state index in [4.69, 9.17) is 4.74 Å². The number of ether oxygens (including phenoxy) is 1. The second-order valence-electron chi connectivity index (χ2n) is 4.55. The van der Waals surface area contributed by atoms with E-state index in [0.29, 0.717) is 0 Å². The van der Waals surface area contributed by atoms with Gasteiger partial charge < -0.3 is 4.74 Å². The lowest BCUT2D eigenvalue weighted by Gasteiger charge is -2.28. The fourth-order valence-electron chi connectivity index (χ4n) is 2.96. The molecule has 0 aromatic heterocycles. The van der Waals surface area contributed by atoms with E-state index in [1.807, 2.05) is 6.92 Å². The number of hydrogen-bond donors (Lipinski definition) is 0. The molecule has 3 fully saturated rings. The summed E-state index contributed by atoms with van der Waals surface area (Å²) in [6.07, 6.45) is 0.844. The average molecular weight is 292 g/mol. The van der Waals surface area contributed by atoms with Crippen molar-refractivity contribution in [2.24, 2.45) is 5.92 Å². The maximum atomic E-state index is 12.0. The molecule has 0 amide bonds. The first-order valence-corrected chi connectivity index (χ1v) is 9.25. The van der Waals surface area contributed by atoms with Crippen LogP contribution in [0.15, 0.2) is 12.7 Å². The van der Waals surface area contributed by atoms with E-state index in [1.165, 1.54) is 0 Å². The van der Waals surface area contributed by atoms with Gasteiger partial charge in [-0.25, -0.2) is 13.2 Å². The normalized spacial score (nSPS) is 49.2. The van der Waals surface area contributed by atoms with Crippen molar-refractivity contribution in [3.05, 3.63) is 12.7 Å². The van der Waals surface area contributed by atoms with Crippen molar-refractivity contribution in [2.75, 3.05) is 0 Å². The third kappa shape index (κ3) is 1.51. The Bertz CT molecular complexity index is 486. The topological polar surface area (TPSA) is 60.4 Å². The van der Waals surface area contributed by atoms with Gasteiger partial charge in [0.2, 0.25) is 8.87 Å². The molecule has 3 saturated heterocycles. The monoisotopic (exact) mass is 292 g/mol. The lowest BCUT2D eigenvalue weighted by atomic mass is 9.87. The molecular weight excluding hydrogens is 280 g/mol. The lowest BCUT2D eigenvalue weighted by molar-refractivity contribution is -0.143. The van der Waals surface area contributed by atoms with E-state index in [1.54, 1.807) is 11.8 Å². The third-order valence-corrected chi connectivity index (χ3v) is 10.5. The van der Waals surface area contributed by atoms with Crippen molar-refractivity contribution in [1.29, 1.82) is 0 Å². The van der Waals surface area contributed by atoms with Crippen LogP contribution < -0.4 is 0 Å². The number of carbonyl (C=O) groups is 1. The molecule has 2 bridgehead atoms. The molecule has 6 atom stereocenters. The van der Waals surface area contributed by atoms with Gasteiger partial charge in [0.15, 0.2) is 0 Å². The first kappa shape index (κ1) is 11.9. The van der Waals surface area contributed by atoms with Gasteiger partial charge in [-0.1, -0.05) is 13.5 Å². The van der Waals surface area contributed by atoms with Crippen LogP contribution in [0.1, 0.15) is 6.92 Å². The molecule has 3 aliphatic heterocycles. The van der Waals surface area contributed by atoms with Crippen molar-refractivity contribution >= 4 is 37.4 Å². The maximum absolute atomic E-state index is 12.0. The summed E-state index contributed by atoms with van der Waals surface area (Å²) in [5.74, 6) is -0.402. The Morgan fingerprint density at radius 3 is 2.71 bits per heavy atom. The van der Waals surface area contributed by atoms with Crippen LogP contribution in [-0.2, 0) is 18.4 Å². The average Bonchev–Trinajstić information content (AvgIpc) is 2.81. The van der Waals surface area contributed by atoms with E-state index in [0.717, 1.165) is 16.9 Å². The zero-order chi connectivity index (χ0) is 12.4. The fraction of sp³-hybridized carbons (Fsp3) is 0.700. The molecule has 7 heteroatoms. The van der Waals surface area contributed by atoms with Gasteiger partial charge in [-0.2, -0.15) is 0 Å². The Kier molecular flexibility index (Phi) is 2.58. The Morgan fingerprint density at radius 1 is 1.35 bits per heavy atom. The predicted octanol–water partition coefficient (Wildman–Crippen LogP) is 1.03. The number of hydrogen-bond acceptors (Lipinski definition) is 6. The quantitative estimate of drug-likeness (QED) is 0.430. The summed E-state index contributed by atoms with van der Waals surface area (Å²) in [5.41, 5.74) is 0. The molecule has 3 rings (SSSR count). The minimum atomic E-state index is -3.08. The Balaban J connectivity index is 1.92. The van der Waals surface area contributed by atoms with Gasteiger partial charge in [0.25, 0.3) is 0 Å². The van der Waals surface area contributed by atoms with Crippen LogP contribution >= 0.6 is 22.6 Å². The van der Waals surface area contributed by atoms with Crippen molar-refractivity contribution in [3.63, 3.8) is 0 Å². The standard InChI is InChI=1S/C10H12O4S3/c1-3-5(11)14-6-7-4(2)10-9(15-7)8(6)16-17(10,12)13/h3-4,6-10H,1H2,2H3. The van der Waals surface area contributed by atoms with E-state index >= 15 is 0 Å². The first-order valence-electron chi connectivity index (χ1n) is 5.36. The van der Waals surface area contributed by atoms with E-state index in [-0.39, 0.29) is 33.0 Å². The van der Waals surface area contributed by atoms with Crippen molar-refractivity contribution < 1.29 is 17.9 Å². The molecule has 4 nitrogen and oxygen atoms in total. The Labute approximate surface area is 108 Å².